The molecule has 7 nitrogen and oxygen atoms in total. The van der Waals surface area contributed by atoms with Gasteiger partial charge in [-0.25, -0.2) is 4.79 Å². The average molecular weight is 457 g/mol. The lowest BCUT2D eigenvalue weighted by Gasteiger charge is -2.11. The number of aromatic nitrogens is 3. The van der Waals surface area contributed by atoms with Gasteiger partial charge >= 0.3 is 5.97 Å². The zero-order chi connectivity index (χ0) is 22.0. The number of carbonyl (C=O) groups is 2. The highest BCUT2D eigenvalue weighted by Gasteiger charge is 2.27. The molecular formula is C22H24N4O3S2. The molecule has 0 saturated heterocycles. The van der Waals surface area contributed by atoms with Crippen LogP contribution < -0.4 is 5.32 Å². The number of nitrogens with zero attached hydrogens (tertiary/aromatic N) is 3. The first-order valence-corrected chi connectivity index (χ1v) is 11.9. The second kappa shape index (κ2) is 9.23. The van der Waals surface area contributed by atoms with Gasteiger partial charge in [0.05, 0.1) is 18.4 Å². The number of thiophene rings is 1. The number of amides is 1. The average Bonchev–Trinajstić information content (AvgIpc) is 3.32. The summed E-state index contributed by atoms with van der Waals surface area (Å²) >= 11 is 2.80. The quantitative estimate of drug-likeness (QED) is 0.441. The van der Waals surface area contributed by atoms with Crippen molar-refractivity contribution in [2.45, 2.75) is 37.8 Å². The number of nitrogens with one attached hydrogen (secondary N) is 1. The maximum atomic E-state index is 12.7. The van der Waals surface area contributed by atoms with Crippen molar-refractivity contribution in [3.05, 3.63) is 45.8 Å². The fourth-order valence-corrected chi connectivity index (χ4v) is 5.77. The van der Waals surface area contributed by atoms with Gasteiger partial charge in [0.1, 0.15) is 5.00 Å². The number of ether oxygens (including phenoxy) is 1. The Bertz CT molecular complexity index is 1140. The highest BCUT2D eigenvalue weighted by Crippen LogP contribution is 2.38. The molecule has 0 atom stereocenters. The molecule has 1 aliphatic carbocycles. The fourth-order valence-electron chi connectivity index (χ4n) is 3.76. The monoisotopic (exact) mass is 456 g/mol. The van der Waals surface area contributed by atoms with Crippen LogP contribution in [0.5, 0.6) is 0 Å². The van der Waals surface area contributed by atoms with Crippen molar-refractivity contribution in [3.63, 3.8) is 0 Å². The minimum Gasteiger partial charge on any atom is -0.465 e. The second-order valence-electron chi connectivity index (χ2n) is 7.42. The largest absolute Gasteiger partial charge is 0.465 e. The number of aryl methyl sites for hydroxylation is 2. The van der Waals surface area contributed by atoms with E-state index in [4.69, 9.17) is 4.74 Å². The third-order valence-electron chi connectivity index (χ3n) is 5.37. The molecule has 0 spiro atoms. The number of carbonyl (C=O) groups excluding carboxylic acids is 2. The summed E-state index contributed by atoms with van der Waals surface area (Å²) in [5.41, 5.74) is 3.67. The normalized spacial score (nSPS) is 13.0. The van der Waals surface area contributed by atoms with Crippen molar-refractivity contribution < 1.29 is 14.3 Å². The van der Waals surface area contributed by atoms with E-state index < -0.39 is 5.97 Å². The van der Waals surface area contributed by atoms with Crippen molar-refractivity contribution in [1.82, 2.24) is 14.8 Å². The summed E-state index contributed by atoms with van der Waals surface area (Å²) < 4.78 is 6.86. The Morgan fingerprint density at radius 1 is 1.23 bits per heavy atom. The Morgan fingerprint density at radius 2 is 2.00 bits per heavy atom. The van der Waals surface area contributed by atoms with Gasteiger partial charge in [-0.2, -0.15) is 0 Å². The number of hydrogen-bond donors (Lipinski definition) is 1. The van der Waals surface area contributed by atoms with E-state index in [-0.39, 0.29) is 11.7 Å². The maximum absolute atomic E-state index is 12.7. The van der Waals surface area contributed by atoms with E-state index in [1.54, 1.807) is 0 Å². The third kappa shape index (κ3) is 4.38. The summed E-state index contributed by atoms with van der Waals surface area (Å²) in [6.45, 7) is 2.03. The Kier molecular flexibility index (Phi) is 6.43. The Labute approximate surface area is 189 Å². The zero-order valence-electron chi connectivity index (χ0n) is 17.7. The van der Waals surface area contributed by atoms with Crippen LogP contribution in [0.2, 0.25) is 0 Å². The Morgan fingerprint density at radius 3 is 2.77 bits per heavy atom. The van der Waals surface area contributed by atoms with Gasteiger partial charge < -0.3 is 14.6 Å². The number of anilines is 1. The second-order valence-corrected chi connectivity index (χ2v) is 9.47. The molecule has 0 bridgehead atoms. The van der Waals surface area contributed by atoms with Crippen LogP contribution >= 0.6 is 23.1 Å². The first-order chi connectivity index (χ1) is 15.0. The van der Waals surface area contributed by atoms with Gasteiger partial charge in [-0.3, -0.25) is 4.79 Å². The summed E-state index contributed by atoms with van der Waals surface area (Å²) in [5.74, 6) is 0.357. The number of thioether (sulfide) groups is 1. The number of hydrogen-bond acceptors (Lipinski definition) is 7. The molecule has 1 aromatic carbocycles. The highest BCUT2D eigenvalue weighted by atomic mass is 32.2. The van der Waals surface area contributed by atoms with Crippen molar-refractivity contribution in [3.8, 4) is 11.4 Å². The van der Waals surface area contributed by atoms with Crippen LogP contribution in [0.4, 0.5) is 5.00 Å². The predicted molar refractivity (Wildman–Crippen MR) is 123 cm³/mol. The molecule has 2 aromatic heterocycles. The van der Waals surface area contributed by atoms with Gasteiger partial charge in [0.25, 0.3) is 0 Å². The van der Waals surface area contributed by atoms with E-state index in [0.717, 1.165) is 48.2 Å². The number of benzene rings is 1. The number of fused-ring (bicyclic) bond motifs is 1. The topological polar surface area (TPSA) is 86.1 Å². The van der Waals surface area contributed by atoms with E-state index in [0.29, 0.717) is 15.7 Å². The van der Waals surface area contributed by atoms with Crippen LogP contribution in [-0.4, -0.2) is 39.5 Å². The van der Waals surface area contributed by atoms with Crippen molar-refractivity contribution >= 4 is 40.0 Å². The van der Waals surface area contributed by atoms with Crippen LogP contribution in [0.3, 0.4) is 0 Å². The zero-order valence-corrected chi connectivity index (χ0v) is 19.4. The van der Waals surface area contributed by atoms with Gasteiger partial charge in [-0.05, 0) is 43.7 Å². The smallest absolute Gasteiger partial charge is 0.341 e. The van der Waals surface area contributed by atoms with Crippen molar-refractivity contribution in [2.75, 3.05) is 18.2 Å². The molecule has 1 aliphatic rings. The molecular weight excluding hydrogens is 432 g/mol. The lowest BCUT2D eigenvalue weighted by Crippen LogP contribution is -2.17. The minimum absolute atomic E-state index is 0.170. The minimum atomic E-state index is -0.390. The lowest BCUT2D eigenvalue weighted by molar-refractivity contribution is -0.113. The van der Waals surface area contributed by atoms with Gasteiger partial charge in [-0.15, -0.1) is 21.5 Å². The van der Waals surface area contributed by atoms with Crippen LogP contribution in [0.25, 0.3) is 11.4 Å². The van der Waals surface area contributed by atoms with Crippen LogP contribution in [0.1, 0.15) is 39.2 Å². The molecule has 0 unspecified atom stereocenters. The first kappa shape index (κ1) is 21.6. The molecule has 3 aromatic rings. The van der Waals surface area contributed by atoms with Gasteiger partial charge in [0, 0.05) is 17.5 Å². The van der Waals surface area contributed by atoms with E-state index in [1.807, 2.05) is 42.8 Å². The Balaban J connectivity index is 1.47. The molecule has 0 fully saturated rings. The summed E-state index contributed by atoms with van der Waals surface area (Å²) in [4.78, 5) is 26.2. The summed E-state index contributed by atoms with van der Waals surface area (Å²) in [7, 11) is 3.27. The third-order valence-corrected chi connectivity index (χ3v) is 7.59. The standard InChI is InChI=1S/C22H24N4O3S2/c1-13-8-4-5-9-14(13)19-24-25-22(26(19)2)30-12-17(27)23-20-18(21(28)29-3)15-10-6-7-11-16(15)31-20/h4-5,8-9H,6-7,10-12H2,1-3H3,(H,23,27). The first-order valence-electron chi connectivity index (χ1n) is 10.1. The molecule has 0 saturated carbocycles. The number of methoxy groups -OCH3 is 1. The van der Waals surface area contributed by atoms with Crippen LogP contribution in [-0.2, 0) is 29.4 Å². The van der Waals surface area contributed by atoms with E-state index in [1.165, 1.54) is 35.1 Å². The number of rotatable bonds is 6. The number of esters is 1. The predicted octanol–water partition coefficient (Wildman–Crippen LogP) is 4.25. The molecule has 1 N–H and O–H groups in total. The Hall–Kier alpha value is -2.65. The molecule has 31 heavy (non-hydrogen) atoms. The molecule has 2 heterocycles. The van der Waals surface area contributed by atoms with E-state index in [2.05, 4.69) is 15.5 Å². The fraction of sp³-hybridized carbons (Fsp3) is 0.364. The summed E-state index contributed by atoms with van der Waals surface area (Å²) in [6.07, 6.45) is 3.94. The highest BCUT2D eigenvalue weighted by molar-refractivity contribution is 7.99. The van der Waals surface area contributed by atoms with Crippen LogP contribution in [0.15, 0.2) is 29.4 Å². The van der Waals surface area contributed by atoms with Crippen molar-refractivity contribution in [1.29, 1.82) is 0 Å². The molecule has 162 valence electrons. The molecule has 4 rings (SSSR count). The van der Waals surface area contributed by atoms with Gasteiger partial charge in [-0.1, -0.05) is 36.0 Å². The molecule has 0 aliphatic heterocycles. The lowest BCUT2D eigenvalue weighted by atomic mass is 9.95. The van der Waals surface area contributed by atoms with Crippen molar-refractivity contribution in [2.24, 2.45) is 7.05 Å². The van der Waals surface area contributed by atoms with Crippen LogP contribution in [0, 0.1) is 6.92 Å². The molecule has 0 radical (unpaired) electrons. The van der Waals surface area contributed by atoms with Gasteiger partial charge in [0.2, 0.25) is 5.91 Å². The molecule has 1 amide bonds. The van der Waals surface area contributed by atoms with E-state index >= 15 is 0 Å². The SMILES string of the molecule is COC(=O)c1c(NC(=O)CSc2nnc(-c3ccccc3C)n2C)sc2c1CCCC2. The summed E-state index contributed by atoms with van der Waals surface area (Å²) in [5, 5.41) is 12.7. The summed E-state index contributed by atoms with van der Waals surface area (Å²) in [6, 6.07) is 7.99. The maximum Gasteiger partial charge on any atom is 0.341 e. The van der Waals surface area contributed by atoms with E-state index in [9.17, 15) is 9.59 Å². The van der Waals surface area contributed by atoms with Gasteiger partial charge in [0.15, 0.2) is 11.0 Å². The molecule has 9 heteroatoms.